The molecule has 19 heavy (non-hydrogen) atoms. The Hall–Kier alpha value is -1.40. The van der Waals surface area contributed by atoms with Crippen LogP contribution < -0.4 is 10.5 Å². The predicted molar refractivity (Wildman–Crippen MR) is 75.6 cm³/mol. The monoisotopic (exact) mass is 284 g/mol. The van der Waals surface area contributed by atoms with Gasteiger partial charge in [0.1, 0.15) is 0 Å². The molecule has 1 aromatic rings. The summed E-state index contributed by atoms with van der Waals surface area (Å²) in [5.41, 5.74) is 2.14. The van der Waals surface area contributed by atoms with Crippen LogP contribution in [0, 0.1) is 6.92 Å². The van der Waals surface area contributed by atoms with Crippen LogP contribution in [0.25, 0.3) is 0 Å². The fourth-order valence-corrected chi connectivity index (χ4v) is 2.43. The van der Waals surface area contributed by atoms with E-state index in [2.05, 4.69) is 5.32 Å². The van der Waals surface area contributed by atoms with E-state index in [1.54, 1.807) is 13.8 Å². The van der Waals surface area contributed by atoms with Crippen LogP contribution in [-0.2, 0) is 14.8 Å². The normalized spacial score (nSPS) is 11.7. The fraction of sp³-hybridized carbons (Fsp3) is 0.462. The number of anilines is 1. The Kier molecular flexibility index (Phi) is 4.70. The number of nitrogens with one attached hydrogen (secondary N) is 1. The van der Waals surface area contributed by atoms with Gasteiger partial charge < -0.3 is 5.32 Å². The van der Waals surface area contributed by atoms with Crippen molar-refractivity contribution in [2.24, 2.45) is 5.14 Å². The maximum atomic E-state index is 11.5. The van der Waals surface area contributed by atoms with Crippen LogP contribution in [0.1, 0.15) is 44.2 Å². The van der Waals surface area contributed by atoms with Crippen LogP contribution in [-0.4, -0.2) is 14.3 Å². The van der Waals surface area contributed by atoms with Crippen molar-refractivity contribution >= 4 is 21.6 Å². The summed E-state index contributed by atoms with van der Waals surface area (Å²) in [6.45, 7) is 7.39. The molecule has 0 fully saturated rings. The molecular formula is C13H20N2O3S. The lowest BCUT2D eigenvalue weighted by molar-refractivity contribution is -0.115. The van der Waals surface area contributed by atoms with Gasteiger partial charge in [-0.2, -0.15) is 0 Å². The van der Waals surface area contributed by atoms with Gasteiger partial charge in [0.05, 0.1) is 4.90 Å². The summed E-state index contributed by atoms with van der Waals surface area (Å²) >= 11 is 0. The second-order valence-corrected chi connectivity index (χ2v) is 6.37. The van der Waals surface area contributed by atoms with Crippen molar-refractivity contribution in [1.29, 1.82) is 0 Å². The molecule has 0 atom stereocenters. The first-order valence-electron chi connectivity index (χ1n) is 6.14. The largest absolute Gasteiger partial charge is 0.326 e. The topological polar surface area (TPSA) is 89.3 Å². The highest BCUT2D eigenvalue weighted by Crippen LogP contribution is 2.30. The SMILES string of the molecule is CCC(=O)Nc1c(C)cc(S(N)(=O)=O)cc1C(C)C. The molecular weight excluding hydrogens is 264 g/mol. The Morgan fingerprint density at radius 2 is 1.95 bits per heavy atom. The minimum absolute atomic E-state index is 0.0724. The fourth-order valence-electron chi connectivity index (χ4n) is 1.80. The van der Waals surface area contributed by atoms with Crippen molar-refractivity contribution in [2.45, 2.75) is 44.9 Å². The maximum absolute atomic E-state index is 11.5. The second-order valence-electron chi connectivity index (χ2n) is 4.81. The van der Waals surface area contributed by atoms with E-state index in [1.807, 2.05) is 13.8 Å². The number of amides is 1. The van der Waals surface area contributed by atoms with Crippen LogP contribution >= 0.6 is 0 Å². The van der Waals surface area contributed by atoms with Crippen LogP contribution in [0.4, 0.5) is 5.69 Å². The average Bonchev–Trinajstić information content (AvgIpc) is 2.29. The first kappa shape index (κ1) is 15.7. The van der Waals surface area contributed by atoms with Crippen molar-refractivity contribution in [3.05, 3.63) is 23.3 Å². The Balaban J connectivity index is 3.44. The Labute approximate surface area is 114 Å². The number of aryl methyl sites for hydroxylation is 1. The van der Waals surface area contributed by atoms with Crippen LogP contribution in [0.5, 0.6) is 0 Å². The quantitative estimate of drug-likeness (QED) is 0.887. The Bertz CT molecular complexity index is 592. The third-order valence-electron chi connectivity index (χ3n) is 2.88. The molecule has 0 radical (unpaired) electrons. The van der Waals surface area contributed by atoms with E-state index >= 15 is 0 Å². The number of benzene rings is 1. The molecule has 1 rings (SSSR count). The van der Waals surface area contributed by atoms with Gasteiger partial charge in [-0.25, -0.2) is 13.6 Å². The molecule has 0 aliphatic carbocycles. The number of carbonyl (C=O) groups excluding carboxylic acids is 1. The number of sulfonamides is 1. The van der Waals surface area contributed by atoms with Crippen molar-refractivity contribution < 1.29 is 13.2 Å². The van der Waals surface area contributed by atoms with Crippen LogP contribution in [0.2, 0.25) is 0 Å². The molecule has 106 valence electrons. The van der Waals surface area contributed by atoms with Crippen LogP contribution in [0.15, 0.2) is 17.0 Å². The zero-order valence-corrected chi connectivity index (χ0v) is 12.5. The molecule has 5 nitrogen and oxygen atoms in total. The van der Waals surface area contributed by atoms with E-state index in [0.29, 0.717) is 17.7 Å². The summed E-state index contributed by atoms with van der Waals surface area (Å²) in [6.07, 6.45) is 0.369. The molecule has 0 aromatic heterocycles. The summed E-state index contributed by atoms with van der Waals surface area (Å²) in [5, 5.41) is 7.97. The molecule has 0 aliphatic rings. The summed E-state index contributed by atoms with van der Waals surface area (Å²) in [6, 6.07) is 3.00. The first-order valence-corrected chi connectivity index (χ1v) is 7.68. The third-order valence-corrected chi connectivity index (χ3v) is 3.77. The highest BCUT2D eigenvalue weighted by molar-refractivity contribution is 7.89. The second kappa shape index (κ2) is 5.71. The average molecular weight is 284 g/mol. The molecule has 0 bridgehead atoms. The summed E-state index contributed by atoms with van der Waals surface area (Å²) in [4.78, 5) is 11.6. The van der Waals surface area contributed by atoms with E-state index in [0.717, 1.165) is 5.56 Å². The number of hydrogen-bond acceptors (Lipinski definition) is 3. The smallest absolute Gasteiger partial charge is 0.238 e. The van der Waals surface area contributed by atoms with E-state index in [-0.39, 0.29) is 16.7 Å². The molecule has 0 aliphatic heterocycles. The molecule has 0 saturated carbocycles. The van der Waals surface area contributed by atoms with E-state index in [4.69, 9.17) is 5.14 Å². The first-order chi connectivity index (χ1) is 8.66. The lowest BCUT2D eigenvalue weighted by Gasteiger charge is -2.17. The van der Waals surface area contributed by atoms with E-state index < -0.39 is 10.0 Å². The van der Waals surface area contributed by atoms with Gasteiger partial charge in [-0.05, 0) is 36.1 Å². The van der Waals surface area contributed by atoms with Crippen molar-refractivity contribution in [2.75, 3.05) is 5.32 Å². The van der Waals surface area contributed by atoms with Gasteiger partial charge >= 0.3 is 0 Å². The number of rotatable bonds is 4. The maximum Gasteiger partial charge on any atom is 0.238 e. The zero-order valence-electron chi connectivity index (χ0n) is 11.6. The molecule has 0 unspecified atom stereocenters. The van der Waals surface area contributed by atoms with Crippen molar-refractivity contribution in [3.8, 4) is 0 Å². The van der Waals surface area contributed by atoms with Gasteiger partial charge in [0, 0.05) is 12.1 Å². The molecule has 0 spiro atoms. The van der Waals surface area contributed by atoms with E-state index in [9.17, 15) is 13.2 Å². The molecule has 3 N–H and O–H groups in total. The summed E-state index contributed by atoms with van der Waals surface area (Å²) in [7, 11) is -3.74. The van der Waals surface area contributed by atoms with Gasteiger partial charge in [0.2, 0.25) is 15.9 Å². The lowest BCUT2D eigenvalue weighted by Crippen LogP contribution is -2.16. The van der Waals surface area contributed by atoms with Gasteiger partial charge in [0.25, 0.3) is 0 Å². The number of nitrogens with two attached hydrogens (primary N) is 1. The minimum atomic E-state index is -3.74. The minimum Gasteiger partial charge on any atom is -0.326 e. The van der Waals surface area contributed by atoms with E-state index in [1.165, 1.54) is 12.1 Å². The zero-order chi connectivity index (χ0) is 14.8. The molecule has 0 heterocycles. The highest BCUT2D eigenvalue weighted by atomic mass is 32.2. The molecule has 0 saturated heterocycles. The molecule has 6 heteroatoms. The Morgan fingerprint density at radius 1 is 1.37 bits per heavy atom. The number of primary sulfonamides is 1. The molecule has 1 amide bonds. The van der Waals surface area contributed by atoms with Gasteiger partial charge in [0.15, 0.2) is 0 Å². The van der Waals surface area contributed by atoms with Gasteiger partial charge in [-0.3, -0.25) is 4.79 Å². The van der Waals surface area contributed by atoms with Crippen LogP contribution in [0.3, 0.4) is 0 Å². The number of hydrogen-bond donors (Lipinski definition) is 2. The summed E-state index contributed by atoms with van der Waals surface area (Å²) < 4.78 is 22.9. The summed E-state index contributed by atoms with van der Waals surface area (Å²) in [5.74, 6) is -0.0269. The van der Waals surface area contributed by atoms with Crippen molar-refractivity contribution in [3.63, 3.8) is 0 Å². The molecule has 1 aromatic carbocycles. The number of carbonyl (C=O) groups is 1. The third kappa shape index (κ3) is 3.78. The Morgan fingerprint density at radius 3 is 2.37 bits per heavy atom. The predicted octanol–water partition coefficient (Wildman–Crippen LogP) is 2.11. The van der Waals surface area contributed by atoms with Crippen molar-refractivity contribution in [1.82, 2.24) is 0 Å². The van der Waals surface area contributed by atoms with Gasteiger partial charge in [-0.1, -0.05) is 20.8 Å². The highest BCUT2D eigenvalue weighted by Gasteiger charge is 2.17. The standard InChI is InChI=1S/C13H20N2O3S/c1-5-12(16)15-13-9(4)6-10(19(14,17)18)7-11(13)8(2)3/h6-8H,5H2,1-4H3,(H,15,16)(H2,14,17,18). The van der Waals surface area contributed by atoms with Gasteiger partial charge in [-0.15, -0.1) is 0 Å². The lowest BCUT2D eigenvalue weighted by atomic mass is 9.98.